The average Bonchev–Trinajstić information content (AvgIpc) is 3.01. The van der Waals surface area contributed by atoms with Crippen LogP contribution in [-0.4, -0.2) is 28.7 Å². The molecule has 1 aromatic heterocycles. The van der Waals surface area contributed by atoms with Crippen LogP contribution in [0.2, 0.25) is 0 Å². The van der Waals surface area contributed by atoms with Crippen molar-refractivity contribution in [1.82, 2.24) is 4.98 Å². The lowest BCUT2D eigenvalue weighted by atomic mass is 10.1. The van der Waals surface area contributed by atoms with Gasteiger partial charge < -0.3 is 20.0 Å². The molecule has 0 saturated carbocycles. The Morgan fingerprint density at radius 2 is 2.04 bits per heavy atom. The smallest absolute Gasteiger partial charge is 0.343 e. The van der Waals surface area contributed by atoms with E-state index in [-0.39, 0.29) is 29.5 Å². The van der Waals surface area contributed by atoms with E-state index in [2.05, 4.69) is 4.98 Å². The van der Waals surface area contributed by atoms with Gasteiger partial charge in [0.15, 0.2) is 12.0 Å². The predicted octanol–water partition coefficient (Wildman–Crippen LogP) is 2.47. The van der Waals surface area contributed by atoms with Crippen LogP contribution < -0.4 is 10.5 Å². The van der Waals surface area contributed by atoms with E-state index in [1.165, 1.54) is 6.39 Å². The first kappa shape index (κ1) is 15.1. The predicted molar refractivity (Wildman–Crippen MR) is 84.6 cm³/mol. The number of nitrogens with zero attached hydrogens (tertiary/aromatic N) is 1. The summed E-state index contributed by atoms with van der Waals surface area (Å²) in [5, 5.41) is 9.38. The van der Waals surface area contributed by atoms with Crippen molar-refractivity contribution in [3.05, 3.63) is 60.0 Å². The second kappa shape index (κ2) is 6.50. The quantitative estimate of drug-likeness (QED) is 0.725. The highest BCUT2D eigenvalue weighted by molar-refractivity contribution is 6.02. The van der Waals surface area contributed by atoms with Crippen molar-refractivity contribution >= 4 is 17.1 Å². The number of carboxylic acid groups (broad SMARTS) is 1. The second-order valence-electron chi connectivity index (χ2n) is 5.21. The summed E-state index contributed by atoms with van der Waals surface area (Å²) in [4.78, 5) is 15.4. The molecule has 0 saturated heterocycles. The third-order valence-electron chi connectivity index (χ3n) is 3.47. The molecule has 0 fully saturated rings. The van der Waals surface area contributed by atoms with E-state index in [0.29, 0.717) is 11.9 Å². The van der Waals surface area contributed by atoms with Crippen LogP contribution in [-0.2, 0) is 6.42 Å². The summed E-state index contributed by atoms with van der Waals surface area (Å²) in [7, 11) is 0. The molecule has 0 unspecified atom stereocenters. The fourth-order valence-corrected chi connectivity index (χ4v) is 2.41. The van der Waals surface area contributed by atoms with Gasteiger partial charge in [0.25, 0.3) is 0 Å². The summed E-state index contributed by atoms with van der Waals surface area (Å²) >= 11 is 0. The van der Waals surface area contributed by atoms with Crippen LogP contribution >= 0.6 is 0 Å². The van der Waals surface area contributed by atoms with Gasteiger partial charge in [-0.05, 0) is 24.1 Å². The van der Waals surface area contributed by atoms with Gasteiger partial charge in [-0.3, -0.25) is 0 Å². The Balaban J connectivity index is 1.74. The maximum atomic E-state index is 11.5. The molecule has 0 bridgehead atoms. The van der Waals surface area contributed by atoms with E-state index in [9.17, 15) is 9.90 Å². The van der Waals surface area contributed by atoms with E-state index >= 15 is 0 Å². The lowest BCUT2D eigenvalue weighted by Crippen LogP contribution is -2.30. The summed E-state index contributed by atoms with van der Waals surface area (Å²) in [5.74, 6) is -0.899. The standard InChI is InChI=1S/C17H16N2O4/c18-12(8-11-4-2-1-3-5-11)9-22-14-7-6-13-16(23-10-19-13)15(14)17(20)21/h1-7,10,12H,8-9,18H2,(H,20,21)/t12-/m1/s1. The third kappa shape index (κ3) is 3.32. The highest BCUT2D eigenvalue weighted by Crippen LogP contribution is 2.27. The maximum absolute atomic E-state index is 11.5. The van der Waals surface area contributed by atoms with Crippen molar-refractivity contribution in [3.63, 3.8) is 0 Å². The molecule has 118 valence electrons. The van der Waals surface area contributed by atoms with Crippen LogP contribution in [0.4, 0.5) is 0 Å². The zero-order valence-corrected chi connectivity index (χ0v) is 12.3. The van der Waals surface area contributed by atoms with Crippen LogP contribution in [0, 0.1) is 0 Å². The fraction of sp³-hybridized carbons (Fsp3) is 0.176. The van der Waals surface area contributed by atoms with Crippen LogP contribution in [0.25, 0.3) is 11.1 Å². The number of benzene rings is 2. The molecular weight excluding hydrogens is 296 g/mol. The van der Waals surface area contributed by atoms with Crippen molar-refractivity contribution in [2.75, 3.05) is 6.61 Å². The summed E-state index contributed by atoms with van der Waals surface area (Å²) < 4.78 is 10.8. The number of carbonyl (C=O) groups is 1. The molecule has 3 aromatic rings. The number of carboxylic acids is 1. The van der Waals surface area contributed by atoms with Crippen molar-refractivity contribution in [2.45, 2.75) is 12.5 Å². The van der Waals surface area contributed by atoms with Gasteiger partial charge in [-0.1, -0.05) is 30.3 Å². The van der Waals surface area contributed by atoms with Gasteiger partial charge >= 0.3 is 5.97 Å². The summed E-state index contributed by atoms with van der Waals surface area (Å²) in [6.45, 7) is 0.203. The molecule has 2 aromatic carbocycles. The summed E-state index contributed by atoms with van der Waals surface area (Å²) in [5.41, 5.74) is 7.81. The lowest BCUT2D eigenvalue weighted by molar-refractivity contribution is 0.0693. The number of aromatic carboxylic acids is 1. The zero-order chi connectivity index (χ0) is 16.2. The Morgan fingerprint density at radius 3 is 2.78 bits per heavy atom. The van der Waals surface area contributed by atoms with Crippen molar-refractivity contribution in [1.29, 1.82) is 0 Å². The molecule has 6 heteroatoms. The molecule has 3 N–H and O–H groups in total. The Bertz CT molecular complexity index is 814. The molecule has 0 amide bonds. The Hall–Kier alpha value is -2.86. The van der Waals surface area contributed by atoms with Gasteiger partial charge in [0.05, 0.1) is 0 Å². The SMILES string of the molecule is N[C@@H](COc1ccc2ncoc2c1C(=O)O)Cc1ccccc1. The molecule has 23 heavy (non-hydrogen) atoms. The molecule has 0 radical (unpaired) electrons. The second-order valence-corrected chi connectivity index (χ2v) is 5.21. The van der Waals surface area contributed by atoms with Gasteiger partial charge in [0.1, 0.15) is 23.4 Å². The van der Waals surface area contributed by atoms with E-state index < -0.39 is 5.97 Å². The van der Waals surface area contributed by atoms with Gasteiger partial charge in [-0.25, -0.2) is 9.78 Å². The minimum Gasteiger partial charge on any atom is -0.491 e. The van der Waals surface area contributed by atoms with Gasteiger partial charge in [-0.15, -0.1) is 0 Å². The van der Waals surface area contributed by atoms with E-state index in [4.69, 9.17) is 14.9 Å². The first-order chi connectivity index (χ1) is 11.1. The molecular formula is C17H16N2O4. The monoisotopic (exact) mass is 312 g/mol. The molecule has 0 aliphatic carbocycles. The van der Waals surface area contributed by atoms with Crippen LogP contribution in [0.15, 0.2) is 53.3 Å². The van der Waals surface area contributed by atoms with Crippen molar-refractivity contribution in [3.8, 4) is 5.75 Å². The molecule has 0 spiro atoms. The van der Waals surface area contributed by atoms with Crippen molar-refractivity contribution in [2.24, 2.45) is 5.73 Å². The minimum atomic E-state index is -1.13. The van der Waals surface area contributed by atoms with Gasteiger partial charge in [-0.2, -0.15) is 0 Å². The van der Waals surface area contributed by atoms with Crippen LogP contribution in [0.1, 0.15) is 15.9 Å². The highest BCUT2D eigenvalue weighted by Gasteiger charge is 2.19. The largest absolute Gasteiger partial charge is 0.491 e. The van der Waals surface area contributed by atoms with Crippen LogP contribution in [0.5, 0.6) is 5.75 Å². The first-order valence-electron chi connectivity index (χ1n) is 7.17. The minimum absolute atomic E-state index is 0.0353. The van der Waals surface area contributed by atoms with Gasteiger partial charge in [0.2, 0.25) is 0 Å². The Morgan fingerprint density at radius 1 is 1.26 bits per heavy atom. The lowest BCUT2D eigenvalue weighted by Gasteiger charge is -2.14. The van der Waals surface area contributed by atoms with E-state index in [1.807, 2.05) is 30.3 Å². The molecule has 0 aliphatic heterocycles. The normalized spacial score (nSPS) is 12.2. The number of hydrogen-bond acceptors (Lipinski definition) is 5. The number of fused-ring (bicyclic) bond motifs is 1. The highest BCUT2D eigenvalue weighted by atomic mass is 16.5. The molecule has 0 aliphatic rings. The zero-order valence-electron chi connectivity index (χ0n) is 12.3. The summed E-state index contributed by atoms with van der Waals surface area (Å²) in [6.07, 6.45) is 1.86. The molecule has 6 nitrogen and oxygen atoms in total. The average molecular weight is 312 g/mol. The number of oxazole rings is 1. The molecule has 3 rings (SSSR count). The van der Waals surface area contributed by atoms with Crippen LogP contribution in [0.3, 0.4) is 0 Å². The van der Waals surface area contributed by atoms with Crippen molar-refractivity contribution < 1.29 is 19.1 Å². The number of aromatic nitrogens is 1. The number of hydrogen-bond donors (Lipinski definition) is 2. The number of ether oxygens (including phenoxy) is 1. The Kier molecular flexibility index (Phi) is 4.25. The maximum Gasteiger partial charge on any atom is 0.343 e. The van der Waals surface area contributed by atoms with E-state index in [0.717, 1.165) is 5.56 Å². The number of nitrogens with two attached hydrogens (primary N) is 1. The number of rotatable bonds is 6. The van der Waals surface area contributed by atoms with E-state index in [1.54, 1.807) is 12.1 Å². The van der Waals surface area contributed by atoms with Gasteiger partial charge in [0, 0.05) is 6.04 Å². The molecule has 1 heterocycles. The molecule has 1 atom stereocenters. The summed E-state index contributed by atoms with van der Waals surface area (Å²) in [6, 6.07) is 12.8. The third-order valence-corrected chi connectivity index (χ3v) is 3.47. The Labute approximate surface area is 132 Å². The fourth-order valence-electron chi connectivity index (χ4n) is 2.41. The first-order valence-corrected chi connectivity index (χ1v) is 7.17. The topological polar surface area (TPSA) is 98.6 Å².